The Morgan fingerprint density at radius 3 is 2.55 bits per heavy atom. The summed E-state index contributed by atoms with van der Waals surface area (Å²) in [6, 6.07) is 8.40. The number of hydrogen-bond acceptors (Lipinski definition) is 4. The third kappa shape index (κ3) is 4.60. The monoisotopic (exact) mass is 295 g/mol. The molecular formula is C16H25NO2S. The van der Waals surface area contributed by atoms with Gasteiger partial charge in [-0.1, -0.05) is 12.8 Å². The number of thioether (sulfide) groups is 1. The van der Waals surface area contributed by atoms with Crippen LogP contribution in [0.5, 0.6) is 11.5 Å². The van der Waals surface area contributed by atoms with Gasteiger partial charge in [0.2, 0.25) is 0 Å². The van der Waals surface area contributed by atoms with Gasteiger partial charge in [0.1, 0.15) is 18.1 Å². The van der Waals surface area contributed by atoms with Crippen LogP contribution in [0.4, 0.5) is 0 Å². The molecule has 0 spiro atoms. The van der Waals surface area contributed by atoms with E-state index in [0.29, 0.717) is 12.6 Å². The first-order valence-electron chi connectivity index (χ1n) is 7.36. The predicted octanol–water partition coefficient (Wildman–Crippen LogP) is 3.34. The van der Waals surface area contributed by atoms with Gasteiger partial charge in [0.25, 0.3) is 0 Å². The molecule has 4 heteroatoms. The Labute approximate surface area is 126 Å². The lowest BCUT2D eigenvalue weighted by molar-refractivity contribution is 0.291. The molecule has 1 aromatic rings. The Kier molecular flexibility index (Phi) is 6.54. The van der Waals surface area contributed by atoms with E-state index in [-0.39, 0.29) is 0 Å². The van der Waals surface area contributed by atoms with Crippen LogP contribution in [0, 0.1) is 0 Å². The van der Waals surface area contributed by atoms with Crippen LogP contribution in [0.25, 0.3) is 0 Å². The lowest BCUT2D eigenvalue weighted by Gasteiger charge is -2.31. The van der Waals surface area contributed by atoms with Crippen molar-refractivity contribution >= 4 is 11.8 Å². The first-order chi connectivity index (χ1) is 9.83. The second kappa shape index (κ2) is 8.42. The number of hydrogen-bond donors (Lipinski definition) is 1. The molecule has 1 N–H and O–H groups in total. The summed E-state index contributed by atoms with van der Waals surface area (Å²) < 4.78 is 10.9. The van der Waals surface area contributed by atoms with Crippen LogP contribution in [0.15, 0.2) is 24.3 Å². The van der Waals surface area contributed by atoms with E-state index in [1.54, 1.807) is 7.11 Å². The smallest absolute Gasteiger partial charge is 0.119 e. The molecule has 20 heavy (non-hydrogen) atoms. The van der Waals surface area contributed by atoms with Gasteiger partial charge in [-0.15, -0.1) is 0 Å². The Balaban J connectivity index is 1.67. The van der Waals surface area contributed by atoms with Crippen molar-refractivity contribution in [3.63, 3.8) is 0 Å². The Bertz CT molecular complexity index is 383. The quantitative estimate of drug-likeness (QED) is 0.782. The van der Waals surface area contributed by atoms with Crippen LogP contribution >= 0.6 is 11.8 Å². The molecule has 3 nitrogen and oxygen atoms in total. The second-order valence-electron chi connectivity index (χ2n) is 5.14. The first kappa shape index (κ1) is 15.5. The molecule has 1 fully saturated rings. The van der Waals surface area contributed by atoms with Crippen molar-refractivity contribution in [2.24, 2.45) is 0 Å². The molecule has 0 heterocycles. The zero-order chi connectivity index (χ0) is 14.2. The van der Waals surface area contributed by atoms with E-state index >= 15 is 0 Å². The van der Waals surface area contributed by atoms with E-state index in [1.807, 2.05) is 36.0 Å². The predicted molar refractivity (Wildman–Crippen MR) is 86.1 cm³/mol. The van der Waals surface area contributed by atoms with E-state index in [9.17, 15) is 0 Å². The third-order valence-electron chi connectivity index (χ3n) is 3.84. The van der Waals surface area contributed by atoms with Crippen molar-refractivity contribution in [1.29, 1.82) is 0 Å². The molecule has 2 rings (SSSR count). The molecule has 0 bridgehead atoms. The standard InChI is InChI=1S/C16H25NO2S/c1-18-13-7-9-14(10-8-13)19-12-11-17-15-5-3-4-6-16(15)20-2/h7-10,15-17H,3-6,11-12H2,1-2H3. The molecule has 0 aliphatic heterocycles. The average molecular weight is 295 g/mol. The van der Waals surface area contributed by atoms with Crippen LogP contribution < -0.4 is 14.8 Å². The molecule has 0 amide bonds. The minimum Gasteiger partial charge on any atom is -0.497 e. The summed E-state index contributed by atoms with van der Waals surface area (Å²) in [5, 5.41) is 4.41. The highest BCUT2D eigenvalue weighted by Crippen LogP contribution is 2.27. The zero-order valence-corrected chi connectivity index (χ0v) is 13.2. The van der Waals surface area contributed by atoms with Crippen molar-refractivity contribution in [2.45, 2.75) is 37.0 Å². The highest BCUT2D eigenvalue weighted by molar-refractivity contribution is 7.99. The lowest BCUT2D eigenvalue weighted by Crippen LogP contribution is -2.42. The van der Waals surface area contributed by atoms with Crippen LogP contribution in [-0.2, 0) is 0 Å². The van der Waals surface area contributed by atoms with E-state index in [0.717, 1.165) is 23.3 Å². The maximum Gasteiger partial charge on any atom is 0.119 e. The summed E-state index contributed by atoms with van der Waals surface area (Å²) in [6.45, 7) is 1.62. The van der Waals surface area contributed by atoms with E-state index < -0.39 is 0 Å². The molecule has 1 saturated carbocycles. The number of benzene rings is 1. The first-order valence-corrected chi connectivity index (χ1v) is 8.65. The maximum atomic E-state index is 5.74. The molecule has 0 saturated heterocycles. The molecule has 112 valence electrons. The third-order valence-corrected chi connectivity index (χ3v) is 5.01. The lowest BCUT2D eigenvalue weighted by atomic mass is 9.95. The van der Waals surface area contributed by atoms with Gasteiger partial charge in [0, 0.05) is 17.8 Å². The number of nitrogens with one attached hydrogen (secondary N) is 1. The summed E-state index contributed by atoms with van der Waals surface area (Å²) >= 11 is 2.00. The number of rotatable bonds is 7. The summed E-state index contributed by atoms with van der Waals surface area (Å²) in [7, 11) is 1.67. The summed E-state index contributed by atoms with van der Waals surface area (Å²) in [6.07, 6.45) is 7.60. The van der Waals surface area contributed by atoms with Gasteiger partial charge in [-0.2, -0.15) is 11.8 Å². The second-order valence-corrected chi connectivity index (χ2v) is 6.22. The van der Waals surface area contributed by atoms with E-state index in [1.165, 1.54) is 25.7 Å². The van der Waals surface area contributed by atoms with Crippen LogP contribution in [-0.4, -0.2) is 37.8 Å². The minimum atomic E-state index is 0.651. The highest BCUT2D eigenvalue weighted by atomic mass is 32.2. The highest BCUT2D eigenvalue weighted by Gasteiger charge is 2.23. The molecule has 0 aromatic heterocycles. The fourth-order valence-corrected chi connectivity index (χ4v) is 3.66. The number of ether oxygens (including phenoxy) is 2. The molecule has 2 atom stereocenters. The summed E-state index contributed by atoms with van der Waals surface area (Å²) in [5.41, 5.74) is 0. The van der Waals surface area contributed by atoms with Crippen LogP contribution in [0.1, 0.15) is 25.7 Å². The Morgan fingerprint density at radius 2 is 1.85 bits per heavy atom. The molecule has 1 aliphatic carbocycles. The Morgan fingerprint density at radius 1 is 1.15 bits per heavy atom. The number of methoxy groups -OCH3 is 1. The zero-order valence-electron chi connectivity index (χ0n) is 12.4. The van der Waals surface area contributed by atoms with Gasteiger partial charge in [-0.3, -0.25) is 0 Å². The SMILES string of the molecule is COc1ccc(OCCNC2CCCCC2SC)cc1. The maximum absolute atomic E-state index is 5.74. The molecule has 0 radical (unpaired) electrons. The van der Waals surface area contributed by atoms with Gasteiger partial charge < -0.3 is 14.8 Å². The van der Waals surface area contributed by atoms with Gasteiger partial charge in [0.15, 0.2) is 0 Å². The summed E-state index contributed by atoms with van der Waals surface area (Å²) in [4.78, 5) is 0. The van der Waals surface area contributed by atoms with Crippen molar-refractivity contribution in [3.05, 3.63) is 24.3 Å². The van der Waals surface area contributed by atoms with Crippen molar-refractivity contribution in [2.75, 3.05) is 26.5 Å². The largest absolute Gasteiger partial charge is 0.497 e. The van der Waals surface area contributed by atoms with E-state index in [4.69, 9.17) is 9.47 Å². The van der Waals surface area contributed by atoms with Gasteiger partial charge in [-0.25, -0.2) is 0 Å². The van der Waals surface area contributed by atoms with Crippen molar-refractivity contribution < 1.29 is 9.47 Å². The summed E-state index contributed by atoms with van der Waals surface area (Å²) in [5.74, 6) is 1.76. The van der Waals surface area contributed by atoms with Gasteiger partial charge in [-0.05, 0) is 43.4 Å². The van der Waals surface area contributed by atoms with Crippen LogP contribution in [0.2, 0.25) is 0 Å². The van der Waals surface area contributed by atoms with E-state index in [2.05, 4.69) is 11.6 Å². The fraction of sp³-hybridized carbons (Fsp3) is 0.625. The van der Waals surface area contributed by atoms with Gasteiger partial charge >= 0.3 is 0 Å². The van der Waals surface area contributed by atoms with Gasteiger partial charge in [0.05, 0.1) is 7.11 Å². The van der Waals surface area contributed by atoms with Crippen LogP contribution in [0.3, 0.4) is 0 Å². The molecule has 2 unspecified atom stereocenters. The fourth-order valence-electron chi connectivity index (χ4n) is 2.70. The average Bonchev–Trinajstić information content (AvgIpc) is 2.52. The minimum absolute atomic E-state index is 0.651. The normalized spacial score (nSPS) is 22.5. The van der Waals surface area contributed by atoms with Crippen molar-refractivity contribution in [1.82, 2.24) is 5.32 Å². The topological polar surface area (TPSA) is 30.5 Å². The molecular weight excluding hydrogens is 270 g/mol. The van der Waals surface area contributed by atoms with Crippen molar-refractivity contribution in [3.8, 4) is 11.5 Å². The Hall–Kier alpha value is -0.870. The molecule has 1 aliphatic rings. The molecule has 1 aromatic carbocycles.